The van der Waals surface area contributed by atoms with Gasteiger partial charge in [0.25, 0.3) is 0 Å². The predicted octanol–water partition coefficient (Wildman–Crippen LogP) is 1.06. The van der Waals surface area contributed by atoms with Gasteiger partial charge in [-0.05, 0) is 24.6 Å². The van der Waals surface area contributed by atoms with Crippen molar-refractivity contribution in [3.63, 3.8) is 0 Å². The van der Waals surface area contributed by atoms with Crippen molar-refractivity contribution in [3.8, 4) is 0 Å². The van der Waals surface area contributed by atoms with Gasteiger partial charge >= 0.3 is 5.97 Å². The predicted molar refractivity (Wildman–Crippen MR) is 117 cm³/mol. The number of aliphatic hydroxyl groups is 1. The number of esters is 1. The molecule has 1 rings (SSSR count). The van der Waals surface area contributed by atoms with Gasteiger partial charge in [0.05, 0.1) is 13.2 Å². The number of hydrogen-bond donors (Lipinski definition) is 3. The lowest BCUT2D eigenvalue weighted by molar-refractivity contribution is -0.148. The SMILES string of the molecule is CCOC(=O)[C@H](CO)NC(=O)[C@H](Cc1ccc(N(CCCl)CCCl)cc1)NC(C)=O. The molecule has 30 heavy (non-hydrogen) atoms. The van der Waals surface area contributed by atoms with Gasteiger partial charge in [-0.2, -0.15) is 0 Å². The first-order chi connectivity index (χ1) is 14.4. The van der Waals surface area contributed by atoms with Crippen LogP contribution in [-0.4, -0.2) is 73.0 Å². The molecule has 0 saturated carbocycles. The van der Waals surface area contributed by atoms with Crippen LogP contribution >= 0.6 is 23.2 Å². The Morgan fingerprint density at radius 1 is 1.07 bits per heavy atom. The molecular formula is C20H29Cl2N3O5. The Labute approximate surface area is 186 Å². The number of carbonyl (C=O) groups excluding carboxylic acids is 3. The zero-order chi connectivity index (χ0) is 22.5. The van der Waals surface area contributed by atoms with Gasteiger partial charge in [0.15, 0.2) is 6.04 Å². The number of hydrogen-bond acceptors (Lipinski definition) is 6. The van der Waals surface area contributed by atoms with Crippen LogP contribution in [0.4, 0.5) is 5.69 Å². The van der Waals surface area contributed by atoms with E-state index in [4.69, 9.17) is 27.9 Å². The molecule has 3 N–H and O–H groups in total. The van der Waals surface area contributed by atoms with Crippen molar-refractivity contribution in [2.24, 2.45) is 0 Å². The maximum Gasteiger partial charge on any atom is 0.331 e. The molecular weight excluding hydrogens is 433 g/mol. The molecule has 8 nitrogen and oxygen atoms in total. The molecule has 0 spiro atoms. The molecule has 2 amide bonds. The van der Waals surface area contributed by atoms with Crippen molar-refractivity contribution in [1.82, 2.24) is 10.6 Å². The quantitative estimate of drug-likeness (QED) is 0.299. The first-order valence-corrected chi connectivity index (χ1v) is 10.7. The van der Waals surface area contributed by atoms with Crippen molar-refractivity contribution >= 4 is 46.7 Å². The Hall–Kier alpha value is -2.03. The highest BCUT2D eigenvalue weighted by atomic mass is 35.5. The van der Waals surface area contributed by atoms with Crippen molar-refractivity contribution in [3.05, 3.63) is 29.8 Å². The monoisotopic (exact) mass is 461 g/mol. The number of alkyl halides is 2. The Morgan fingerprint density at radius 2 is 1.67 bits per heavy atom. The van der Waals surface area contributed by atoms with Gasteiger partial charge in [-0.15, -0.1) is 23.2 Å². The van der Waals surface area contributed by atoms with Gasteiger partial charge in [-0.1, -0.05) is 12.1 Å². The van der Waals surface area contributed by atoms with Crippen LogP contribution in [0, 0.1) is 0 Å². The van der Waals surface area contributed by atoms with Crippen LogP contribution < -0.4 is 15.5 Å². The van der Waals surface area contributed by atoms with Crippen LogP contribution in [0.1, 0.15) is 19.4 Å². The van der Waals surface area contributed by atoms with Crippen LogP contribution in [0.15, 0.2) is 24.3 Å². The Kier molecular flexibility index (Phi) is 12.2. The number of halogens is 2. The van der Waals surface area contributed by atoms with Gasteiger partial charge < -0.3 is 25.4 Å². The molecule has 0 radical (unpaired) electrons. The lowest BCUT2D eigenvalue weighted by Crippen LogP contribution is -2.53. The first kappa shape index (κ1) is 26.0. The summed E-state index contributed by atoms with van der Waals surface area (Å²) in [5.41, 5.74) is 1.75. The number of ether oxygens (including phenoxy) is 1. The summed E-state index contributed by atoms with van der Waals surface area (Å²) in [4.78, 5) is 38.0. The van der Waals surface area contributed by atoms with Gasteiger partial charge in [-0.25, -0.2) is 4.79 Å². The normalized spacial score (nSPS) is 12.6. The van der Waals surface area contributed by atoms with Crippen LogP contribution in [-0.2, 0) is 25.5 Å². The average Bonchev–Trinajstić information content (AvgIpc) is 2.71. The summed E-state index contributed by atoms with van der Waals surface area (Å²) >= 11 is 11.7. The lowest BCUT2D eigenvalue weighted by Gasteiger charge is -2.24. The molecule has 0 aliphatic rings. The zero-order valence-corrected chi connectivity index (χ0v) is 18.7. The molecule has 1 aromatic carbocycles. The molecule has 0 unspecified atom stereocenters. The third-order valence-corrected chi connectivity index (χ3v) is 4.55. The summed E-state index contributed by atoms with van der Waals surface area (Å²) in [6, 6.07) is 5.37. The van der Waals surface area contributed by atoms with Crippen LogP contribution in [0.2, 0.25) is 0 Å². The summed E-state index contributed by atoms with van der Waals surface area (Å²) in [7, 11) is 0. The summed E-state index contributed by atoms with van der Waals surface area (Å²) in [6.45, 7) is 3.75. The molecule has 168 valence electrons. The fourth-order valence-electron chi connectivity index (χ4n) is 2.80. The fourth-order valence-corrected chi connectivity index (χ4v) is 3.21. The van der Waals surface area contributed by atoms with Crippen LogP contribution in [0.3, 0.4) is 0 Å². The summed E-state index contributed by atoms with van der Waals surface area (Å²) < 4.78 is 4.83. The van der Waals surface area contributed by atoms with Crippen molar-refractivity contribution in [1.29, 1.82) is 0 Å². The second kappa shape index (κ2) is 14.1. The number of carbonyl (C=O) groups is 3. The molecule has 0 saturated heterocycles. The average molecular weight is 462 g/mol. The van der Waals surface area contributed by atoms with E-state index in [-0.39, 0.29) is 18.9 Å². The number of nitrogens with zero attached hydrogens (tertiary/aromatic N) is 1. The van der Waals surface area contributed by atoms with Gasteiger partial charge in [0.2, 0.25) is 11.8 Å². The molecule has 0 fully saturated rings. The highest BCUT2D eigenvalue weighted by Gasteiger charge is 2.26. The number of anilines is 1. The highest BCUT2D eigenvalue weighted by Crippen LogP contribution is 2.17. The minimum absolute atomic E-state index is 0.122. The largest absolute Gasteiger partial charge is 0.464 e. The highest BCUT2D eigenvalue weighted by molar-refractivity contribution is 6.18. The van der Waals surface area contributed by atoms with E-state index in [2.05, 4.69) is 10.6 Å². The Balaban J connectivity index is 2.90. The number of benzene rings is 1. The van der Waals surface area contributed by atoms with E-state index in [9.17, 15) is 19.5 Å². The lowest BCUT2D eigenvalue weighted by atomic mass is 10.0. The maximum atomic E-state index is 12.6. The second-order valence-corrected chi connectivity index (χ2v) is 7.24. The van der Waals surface area contributed by atoms with Crippen molar-refractivity contribution in [2.75, 3.05) is 43.0 Å². The smallest absolute Gasteiger partial charge is 0.331 e. The maximum absolute atomic E-state index is 12.6. The van der Waals surface area contributed by atoms with E-state index >= 15 is 0 Å². The molecule has 0 aliphatic carbocycles. The number of aliphatic hydroxyl groups excluding tert-OH is 1. The van der Waals surface area contributed by atoms with E-state index in [0.717, 1.165) is 11.3 Å². The van der Waals surface area contributed by atoms with Crippen LogP contribution in [0.5, 0.6) is 0 Å². The van der Waals surface area contributed by atoms with E-state index < -0.39 is 30.6 Å². The fraction of sp³-hybridized carbons (Fsp3) is 0.550. The summed E-state index contributed by atoms with van der Waals surface area (Å²) in [6.07, 6.45) is 0.206. The standard InChI is InChI=1S/C20H29Cl2N3O5/c1-3-30-20(29)18(13-26)24-19(28)17(23-14(2)27)12-15-4-6-16(7-5-15)25(10-8-21)11-9-22/h4-7,17-18,26H,3,8-13H2,1-2H3,(H,23,27)(H,24,28)/t17-,18-/m0/s1. The first-order valence-electron chi connectivity index (χ1n) is 9.67. The molecule has 0 aromatic heterocycles. The topological polar surface area (TPSA) is 108 Å². The van der Waals surface area contributed by atoms with E-state index in [0.29, 0.717) is 24.8 Å². The van der Waals surface area contributed by atoms with E-state index in [1.54, 1.807) is 6.92 Å². The van der Waals surface area contributed by atoms with Crippen molar-refractivity contribution < 1.29 is 24.2 Å². The van der Waals surface area contributed by atoms with Gasteiger partial charge in [-0.3, -0.25) is 9.59 Å². The van der Waals surface area contributed by atoms with Gasteiger partial charge in [0.1, 0.15) is 6.04 Å². The molecule has 1 aromatic rings. The third-order valence-electron chi connectivity index (χ3n) is 4.21. The Bertz CT molecular complexity index is 682. The number of amides is 2. The molecule has 2 atom stereocenters. The van der Waals surface area contributed by atoms with E-state index in [1.165, 1.54) is 6.92 Å². The van der Waals surface area contributed by atoms with Gasteiger partial charge in [0, 0.05) is 43.9 Å². The number of nitrogens with one attached hydrogen (secondary N) is 2. The van der Waals surface area contributed by atoms with Crippen molar-refractivity contribution in [2.45, 2.75) is 32.4 Å². The Morgan fingerprint density at radius 3 is 2.13 bits per heavy atom. The zero-order valence-electron chi connectivity index (χ0n) is 17.2. The second-order valence-electron chi connectivity index (χ2n) is 6.48. The minimum Gasteiger partial charge on any atom is -0.464 e. The molecule has 0 bridgehead atoms. The number of rotatable bonds is 13. The minimum atomic E-state index is -1.20. The molecule has 0 heterocycles. The third kappa shape index (κ3) is 8.77. The molecule has 0 aliphatic heterocycles. The van der Waals surface area contributed by atoms with Crippen LogP contribution in [0.25, 0.3) is 0 Å². The van der Waals surface area contributed by atoms with E-state index in [1.807, 2.05) is 29.2 Å². The summed E-state index contributed by atoms with van der Waals surface area (Å²) in [5, 5.41) is 14.4. The molecule has 10 heteroatoms. The summed E-state index contributed by atoms with van der Waals surface area (Å²) in [5.74, 6) is -0.782.